The van der Waals surface area contributed by atoms with E-state index in [9.17, 15) is 14.3 Å². The molecule has 364 valence electrons. The molecule has 0 aromatic rings. The van der Waals surface area contributed by atoms with Gasteiger partial charge < -0.3 is 18.9 Å². The molecule has 0 rings (SSSR count). The number of rotatable bonds is 46. The van der Waals surface area contributed by atoms with Gasteiger partial charge in [-0.2, -0.15) is 0 Å². The third kappa shape index (κ3) is 50.5. The smallest absolute Gasteiger partial charge is 0.457 e. The second-order valence-corrected chi connectivity index (χ2v) is 19.3. The Balaban J connectivity index is 4.18. The molecule has 0 bridgehead atoms. The zero-order valence-corrected chi connectivity index (χ0v) is 42.2. The zero-order chi connectivity index (χ0) is 46.2. The summed E-state index contributed by atoms with van der Waals surface area (Å²) in [5.74, 6) is -0.329. The van der Waals surface area contributed by atoms with E-state index in [1.165, 1.54) is 83.5 Å². The molecule has 0 aliphatic heterocycles. The number of hydrogen-bond donors (Lipinski definition) is 1. The lowest BCUT2D eigenvalue weighted by Crippen LogP contribution is -2.37. The number of ether oxygens (including phenoxy) is 2. The van der Waals surface area contributed by atoms with E-state index in [2.05, 4.69) is 98.9 Å². The molecule has 0 saturated carbocycles. The minimum Gasteiger partial charge on any atom is -0.457 e. The number of likely N-dealkylation sites (N-methyl/N-ethyl adjacent to an activating group) is 1. The van der Waals surface area contributed by atoms with Gasteiger partial charge in [0, 0.05) is 13.0 Å². The van der Waals surface area contributed by atoms with E-state index in [4.69, 9.17) is 18.5 Å². The first-order chi connectivity index (χ1) is 30.6. The summed E-state index contributed by atoms with van der Waals surface area (Å²) in [6.45, 7) is 5.45. The Bertz CT molecular complexity index is 1280. The van der Waals surface area contributed by atoms with Crippen molar-refractivity contribution in [1.82, 2.24) is 0 Å². The van der Waals surface area contributed by atoms with Gasteiger partial charge in [0.25, 0.3) is 0 Å². The van der Waals surface area contributed by atoms with Crippen LogP contribution >= 0.6 is 7.82 Å². The molecule has 0 spiro atoms. The predicted octanol–water partition coefficient (Wildman–Crippen LogP) is 15.6. The number of quaternary nitrogens is 1. The van der Waals surface area contributed by atoms with Crippen LogP contribution in [0.4, 0.5) is 0 Å². The molecule has 0 radical (unpaired) electrons. The predicted molar refractivity (Wildman–Crippen MR) is 270 cm³/mol. The first kappa shape index (κ1) is 60.7. The monoisotopic (exact) mass is 903 g/mol. The number of unbranched alkanes of at least 4 members (excludes halogenated alkanes) is 18. The van der Waals surface area contributed by atoms with E-state index >= 15 is 0 Å². The number of hydrogen-bond acceptors (Lipinski definition) is 6. The van der Waals surface area contributed by atoms with Crippen molar-refractivity contribution in [3.8, 4) is 0 Å². The van der Waals surface area contributed by atoms with Gasteiger partial charge in [0.2, 0.25) is 0 Å². The third-order valence-corrected chi connectivity index (χ3v) is 11.4. The number of allylic oxidation sites excluding steroid dienone is 14. The summed E-state index contributed by atoms with van der Waals surface area (Å²) in [5, 5.41) is 0. The quantitative estimate of drug-likeness (QED) is 0.0214. The van der Waals surface area contributed by atoms with Crippen LogP contribution in [0.15, 0.2) is 85.1 Å². The summed E-state index contributed by atoms with van der Waals surface area (Å²) < 4.78 is 35.1. The van der Waals surface area contributed by atoms with E-state index in [1.54, 1.807) is 0 Å². The first-order valence-electron chi connectivity index (χ1n) is 25.3. The van der Waals surface area contributed by atoms with Crippen molar-refractivity contribution in [3.05, 3.63) is 85.1 Å². The second kappa shape index (κ2) is 46.2. The fourth-order valence-electron chi connectivity index (χ4n) is 6.55. The maximum absolute atomic E-state index is 12.7. The minimum atomic E-state index is -4.29. The summed E-state index contributed by atoms with van der Waals surface area (Å²) in [6.07, 6.45) is 62.0. The van der Waals surface area contributed by atoms with Gasteiger partial charge in [0.05, 0.1) is 34.4 Å². The number of phosphoric acid groups is 1. The fourth-order valence-corrected chi connectivity index (χ4v) is 7.29. The number of carbonyl (C=O) groups is 1. The number of nitrogens with zero attached hydrogens (tertiary/aromatic N) is 1. The molecule has 2 unspecified atom stereocenters. The van der Waals surface area contributed by atoms with Crippen LogP contribution < -0.4 is 0 Å². The van der Waals surface area contributed by atoms with Crippen LogP contribution in [-0.2, 0) is 27.9 Å². The minimum absolute atomic E-state index is 0.0805. The standard InChI is InChI=1S/C54H96NO7P/c1-6-8-10-12-14-16-18-20-22-23-24-25-26-27-28-29-30-31-32-34-36-38-40-42-44-46-49-59-51-53(52-61-63(57,58)60-50-48-55(3,4)5)62-54(56)47-45-43-41-39-37-35-33-21-19-17-15-13-11-9-7-2/h8,10,14,16,20-22,24-25,27-28,30-31,33,53H,6-7,9,11-13,15,17-19,23,26,29,32,34-52H2,1-5H3/p+1/b10-8-,16-14-,22-20-,25-24-,28-27-,31-30-,33-21-. The summed E-state index contributed by atoms with van der Waals surface area (Å²) in [4.78, 5) is 23.0. The Labute approximate surface area is 388 Å². The molecule has 2 atom stereocenters. The SMILES string of the molecule is CC/C=C\C/C=C\C/C=C\C/C=C\C/C=C\C/C=C\CCCCCCCCCOCC(COP(=O)(O)OCC[N+](C)(C)C)OC(=O)CCCCCCC/C=C\CCCCCCCC. The van der Waals surface area contributed by atoms with E-state index in [-0.39, 0.29) is 25.8 Å². The maximum atomic E-state index is 12.7. The molecule has 1 N–H and O–H groups in total. The lowest BCUT2D eigenvalue weighted by Gasteiger charge is -2.24. The van der Waals surface area contributed by atoms with Crippen LogP contribution in [0.2, 0.25) is 0 Å². The number of phosphoric ester groups is 1. The van der Waals surface area contributed by atoms with Crippen molar-refractivity contribution < 1.29 is 37.3 Å². The van der Waals surface area contributed by atoms with Crippen LogP contribution in [0.1, 0.15) is 194 Å². The van der Waals surface area contributed by atoms with E-state index in [1.807, 2.05) is 21.1 Å². The van der Waals surface area contributed by atoms with Gasteiger partial charge in [-0.15, -0.1) is 0 Å². The van der Waals surface area contributed by atoms with Crippen LogP contribution in [0.5, 0.6) is 0 Å². The molecule has 0 aliphatic carbocycles. The Morgan fingerprint density at radius 3 is 1.40 bits per heavy atom. The van der Waals surface area contributed by atoms with Gasteiger partial charge in [-0.3, -0.25) is 13.8 Å². The molecule has 8 nitrogen and oxygen atoms in total. The molecule has 0 aromatic carbocycles. The third-order valence-electron chi connectivity index (χ3n) is 10.4. The van der Waals surface area contributed by atoms with Gasteiger partial charge in [-0.05, 0) is 89.9 Å². The average molecular weight is 903 g/mol. The van der Waals surface area contributed by atoms with E-state index in [0.29, 0.717) is 24.1 Å². The van der Waals surface area contributed by atoms with Crippen molar-refractivity contribution in [3.63, 3.8) is 0 Å². The Kier molecular flexibility index (Phi) is 44.5. The number of carbonyl (C=O) groups excluding carboxylic acids is 1. The average Bonchev–Trinajstić information content (AvgIpc) is 3.24. The molecule has 0 saturated heterocycles. The van der Waals surface area contributed by atoms with Crippen LogP contribution in [0, 0.1) is 0 Å². The van der Waals surface area contributed by atoms with Gasteiger partial charge >= 0.3 is 13.8 Å². The van der Waals surface area contributed by atoms with Crippen molar-refractivity contribution >= 4 is 13.8 Å². The topological polar surface area (TPSA) is 91.3 Å². The van der Waals surface area contributed by atoms with Crippen molar-refractivity contribution in [2.24, 2.45) is 0 Å². The lowest BCUT2D eigenvalue weighted by molar-refractivity contribution is -0.870. The van der Waals surface area contributed by atoms with Gasteiger partial charge in [0.1, 0.15) is 19.3 Å². The number of esters is 1. The van der Waals surface area contributed by atoms with Gasteiger partial charge in [0.15, 0.2) is 0 Å². The zero-order valence-electron chi connectivity index (χ0n) is 41.3. The van der Waals surface area contributed by atoms with Crippen molar-refractivity contribution in [2.45, 2.75) is 200 Å². The van der Waals surface area contributed by atoms with E-state index < -0.39 is 13.9 Å². The van der Waals surface area contributed by atoms with Crippen LogP contribution in [-0.4, -0.2) is 75.6 Å². The molecule has 0 amide bonds. The lowest BCUT2D eigenvalue weighted by atomic mass is 10.1. The molecule has 63 heavy (non-hydrogen) atoms. The molecule has 0 fully saturated rings. The Morgan fingerprint density at radius 2 is 0.921 bits per heavy atom. The molecule has 0 aromatic heterocycles. The molecule has 0 aliphatic rings. The largest absolute Gasteiger partial charge is 0.472 e. The summed E-state index contributed by atoms with van der Waals surface area (Å²) in [7, 11) is 1.64. The summed E-state index contributed by atoms with van der Waals surface area (Å²) in [5.41, 5.74) is 0. The highest BCUT2D eigenvalue weighted by Gasteiger charge is 2.26. The maximum Gasteiger partial charge on any atom is 0.472 e. The van der Waals surface area contributed by atoms with Crippen molar-refractivity contribution in [1.29, 1.82) is 0 Å². The van der Waals surface area contributed by atoms with Gasteiger partial charge in [-0.1, -0.05) is 182 Å². The Morgan fingerprint density at radius 1 is 0.508 bits per heavy atom. The molecular weight excluding hydrogens is 806 g/mol. The molecule has 9 heteroatoms. The molecular formula is C54H97NO7P+. The highest BCUT2D eigenvalue weighted by molar-refractivity contribution is 7.47. The fraction of sp³-hybridized carbons (Fsp3) is 0.722. The highest BCUT2D eigenvalue weighted by Crippen LogP contribution is 2.43. The summed E-state index contributed by atoms with van der Waals surface area (Å²) >= 11 is 0. The highest BCUT2D eigenvalue weighted by atomic mass is 31.2. The van der Waals surface area contributed by atoms with E-state index in [0.717, 1.165) is 89.9 Å². The Hall–Kier alpha value is -2.32. The van der Waals surface area contributed by atoms with Crippen molar-refractivity contribution in [2.75, 3.05) is 54.1 Å². The summed E-state index contributed by atoms with van der Waals surface area (Å²) in [6, 6.07) is 0. The second-order valence-electron chi connectivity index (χ2n) is 17.8. The van der Waals surface area contributed by atoms with Crippen LogP contribution in [0.25, 0.3) is 0 Å². The van der Waals surface area contributed by atoms with Crippen LogP contribution in [0.3, 0.4) is 0 Å². The first-order valence-corrected chi connectivity index (χ1v) is 26.8. The normalized spacial score (nSPS) is 14.3. The van der Waals surface area contributed by atoms with Gasteiger partial charge in [-0.25, -0.2) is 4.57 Å². The molecule has 0 heterocycles.